The number of carbonyl (C=O) groups is 1. The Balaban J connectivity index is 1.44. The predicted molar refractivity (Wildman–Crippen MR) is 133 cm³/mol. The van der Waals surface area contributed by atoms with Gasteiger partial charge in [-0.15, -0.1) is 0 Å². The molecule has 0 aliphatic rings. The van der Waals surface area contributed by atoms with Crippen LogP contribution in [-0.4, -0.2) is 42.3 Å². The molecule has 34 heavy (non-hydrogen) atoms. The van der Waals surface area contributed by atoms with Gasteiger partial charge in [-0.1, -0.05) is 12.1 Å². The second-order valence-electron chi connectivity index (χ2n) is 7.88. The van der Waals surface area contributed by atoms with Crippen LogP contribution in [0.5, 0.6) is 0 Å². The number of nitrogens with zero attached hydrogens (tertiary/aromatic N) is 6. The summed E-state index contributed by atoms with van der Waals surface area (Å²) in [5.74, 6) is 0.896. The molecule has 0 saturated carbocycles. The van der Waals surface area contributed by atoms with E-state index in [2.05, 4.69) is 41.6 Å². The van der Waals surface area contributed by atoms with Gasteiger partial charge >= 0.3 is 0 Å². The Bertz CT molecular complexity index is 1550. The van der Waals surface area contributed by atoms with Crippen molar-refractivity contribution in [1.29, 1.82) is 0 Å². The lowest BCUT2D eigenvalue weighted by atomic mass is 10.1. The number of hydrogen-bond acceptors (Lipinski definition) is 7. The first-order valence-electron chi connectivity index (χ1n) is 10.8. The maximum atomic E-state index is 12.8. The molecule has 0 unspecified atom stereocenters. The zero-order chi connectivity index (χ0) is 24.0. The number of carbonyl (C=O) groups excluding carboxylic acids is 1. The van der Waals surface area contributed by atoms with Crippen molar-refractivity contribution in [3.63, 3.8) is 0 Å². The van der Waals surface area contributed by atoms with Gasteiger partial charge in [0.1, 0.15) is 16.7 Å². The van der Waals surface area contributed by atoms with Gasteiger partial charge in [0.15, 0.2) is 11.3 Å². The lowest BCUT2D eigenvalue weighted by Crippen LogP contribution is -2.26. The third-order valence-corrected chi connectivity index (χ3v) is 6.59. The molecule has 0 atom stereocenters. The standard InChI is InChI=1S/C23H23BrN8O2/c1-5-32-18(15(24)12(2)30-32)21(33)26-10-13-7-6-8-14(9-13)22-28-17-19-16(27-11-31(19)4)20(25-3)29-23(17)34-22/h6-9,11H,5,10H2,1-4H3,(H,25,29)(H,26,33). The van der Waals surface area contributed by atoms with Gasteiger partial charge in [-0.25, -0.2) is 9.97 Å². The minimum absolute atomic E-state index is 0.191. The average molecular weight is 523 g/mol. The molecule has 0 fully saturated rings. The topological polar surface area (TPSA) is 116 Å². The quantitative estimate of drug-likeness (QED) is 0.345. The summed E-state index contributed by atoms with van der Waals surface area (Å²) in [6, 6.07) is 7.72. The van der Waals surface area contributed by atoms with Gasteiger partial charge in [-0.2, -0.15) is 10.1 Å². The molecule has 5 aromatic rings. The van der Waals surface area contributed by atoms with Gasteiger partial charge < -0.3 is 19.6 Å². The number of benzene rings is 1. The summed E-state index contributed by atoms with van der Waals surface area (Å²) in [4.78, 5) is 26.5. The summed E-state index contributed by atoms with van der Waals surface area (Å²) in [6.07, 6.45) is 1.73. The highest BCUT2D eigenvalue weighted by atomic mass is 79.9. The highest BCUT2D eigenvalue weighted by Crippen LogP contribution is 2.31. The van der Waals surface area contributed by atoms with Crippen molar-refractivity contribution in [1.82, 2.24) is 34.6 Å². The molecule has 4 aromatic heterocycles. The number of oxazole rings is 1. The molecule has 5 rings (SSSR count). The molecular weight excluding hydrogens is 500 g/mol. The third-order valence-electron chi connectivity index (χ3n) is 5.64. The normalized spacial score (nSPS) is 11.4. The Kier molecular flexibility index (Phi) is 5.56. The molecule has 1 amide bonds. The largest absolute Gasteiger partial charge is 0.418 e. The molecule has 0 aliphatic carbocycles. The van der Waals surface area contributed by atoms with Crippen LogP contribution in [0.1, 0.15) is 28.7 Å². The maximum Gasteiger partial charge on any atom is 0.271 e. The first-order chi connectivity index (χ1) is 16.4. The first-order valence-corrected chi connectivity index (χ1v) is 11.6. The number of nitrogens with one attached hydrogen (secondary N) is 2. The number of imidazole rings is 1. The van der Waals surface area contributed by atoms with E-state index in [-0.39, 0.29) is 5.91 Å². The van der Waals surface area contributed by atoms with Crippen LogP contribution in [0.2, 0.25) is 0 Å². The maximum absolute atomic E-state index is 12.8. The van der Waals surface area contributed by atoms with Crippen molar-refractivity contribution < 1.29 is 9.21 Å². The minimum Gasteiger partial charge on any atom is -0.418 e. The average Bonchev–Trinajstić information content (AvgIpc) is 3.52. The van der Waals surface area contributed by atoms with Gasteiger partial charge in [-0.05, 0) is 47.5 Å². The van der Waals surface area contributed by atoms with Gasteiger partial charge in [0.25, 0.3) is 11.6 Å². The van der Waals surface area contributed by atoms with E-state index in [0.29, 0.717) is 46.2 Å². The number of hydrogen-bond donors (Lipinski definition) is 2. The van der Waals surface area contributed by atoms with Crippen molar-refractivity contribution in [2.45, 2.75) is 26.9 Å². The van der Waals surface area contributed by atoms with E-state index < -0.39 is 0 Å². The Morgan fingerprint density at radius 1 is 1.24 bits per heavy atom. The molecule has 0 bridgehead atoms. The number of aryl methyl sites for hydroxylation is 3. The molecule has 2 N–H and O–H groups in total. The fourth-order valence-electron chi connectivity index (χ4n) is 3.96. The smallest absolute Gasteiger partial charge is 0.271 e. The zero-order valence-corrected chi connectivity index (χ0v) is 20.8. The molecule has 0 radical (unpaired) electrons. The van der Waals surface area contributed by atoms with Crippen LogP contribution in [0.25, 0.3) is 33.7 Å². The summed E-state index contributed by atoms with van der Waals surface area (Å²) in [7, 11) is 3.71. The summed E-state index contributed by atoms with van der Waals surface area (Å²) in [5, 5.41) is 10.4. The highest BCUT2D eigenvalue weighted by Gasteiger charge is 2.20. The first kappa shape index (κ1) is 22.1. The molecule has 174 valence electrons. The van der Waals surface area contributed by atoms with E-state index >= 15 is 0 Å². The lowest BCUT2D eigenvalue weighted by molar-refractivity contribution is 0.0939. The van der Waals surface area contributed by atoms with Gasteiger partial charge in [0.05, 0.1) is 16.5 Å². The van der Waals surface area contributed by atoms with Crippen LogP contribution in [0.3, 0.4) is 0 Å². The Morgan fingerprint density at radius 2 is 2.06 bits per heavy atom. The number of fused-ring (bicyclic) bond motifs is 3. The van der Waals surface area contributed by atoms with E-state index in [1.807, 2.05) is 49.7 Å². The van der Waals surface area contributed by atoms with E-state index in [0.717, 1.165) is 27.9 Å². The second kappa shape index (κ2) is 8.56. The molecule has 0 spiro atoms. The van der Waals surface area contributed by atoms with E-state index in [1.54, 1.807) is 18.1 Å². The number of pyridine rings is 1. The van der Waals surface area contributed by atoms with Crippen LogP contribution >= 0.6 is 15.9 Å². The Hall–Kier alpha value is -3.73. The van der Waals surface area contributed by atoms with E-state index in [9.17, 15) is 4.79 Å². The van der Waals surface area contributed by atoms with Crippen LogP contribution in [0.4, 0.5) is 5.82 Å². The fraction of sp³-hybridized carbons (Fsp3) is 0.261. The van der Waals surface area contributed by atoms with Crippen molar-refractivity contribution in [2.75, 3.05) is 12.4 Å². The molecule has 0 aliphatic heterocycles. The molecule has 11 heteroatoms. The lowest BCUT2D eigenvalue weighted by Gasteiger charge is -2.08. The number of aromatic nitrogens is 6. The summed E-state index contributed by atoms with van der Waals surface area (Å²) in [5.41, 5.74) is 5.67. The van der Waals surface area contributed by atoms with Gasteiger partial charge in [0.2, 0.25) is 5.89 Å². The van der Waals surface area contributed by atoms with Crippen molar-refractivity contribution in [3.05, 3.63) is 52.0 Å². The molecule has 0 saturated heterocycles. The fourth-order valence-corrected chi connectivity index (χ4v) is 4.43. The molecule has 10 nitrogen and oxygen atoms in total. The van der Waals surface area contributed by atoms with E-state index in [4.69, 9.17) is 9.40 Å². The number of amides is 1. The van der Waals surface area contributed by atoms with Crippen LogP contribution in [0, 0.1) is 6.92 Å². The monoisotopic (exact) mass is 522 g/mol. The van der Waals surface area contributed by atoms with Crippen molar-refractivity contribution in [2.24, 2.45) is 7.05 Å². The summed E-state index contributed by atoms with van der Waals surface area (Å²) < 4.78 is 10.3. The number of rotatable bonds is 6. The van der Waals surface area contributed by atoms with E-state index in [1.165, 1.54) is 0 Å². The number of anilines is 1. The zero-order valence-electron chi connectivity index (χ0n) is 19.2. The number of halogens is 1. The summed E-state index contributed by atoms with van der Waals surface area (Å²) >= 11 is 3.48. The molecular formula is C23H23BrN8O2. The van der Waals surface area contributed by atoms with Crippen molar-refractivity contribution in [3.8, 4) is 11.5 Å². The second-order valence-corrected chi connectivity index (χ2v) is 8.68. The predicted octanol–water partition coefficient (Wildman–Crippen LogP) is 4.04. The third kappa shape index (κ3) is 3.61. The van der Waals surface area contributed by atoms with Crippen molar-refractivity contribution >= 4 is 49.9 Å². The Labute approximate surface area is 203 Å². The van der Waals surface area contributed by atoms with Gasteiger partial charge in [-0.3, -0.25) is 9.48 Å². The van der Waals surface area contributed by atoms with Gasteiger partial charge in [0, 0.05) is 32.7 Å². The SMILES string of the molecule is CCn1nc(C)c(Br)c1C(=O)NCc1cccc(-c2nc3c(nc(NC)c4ncn(C)c43)o2)c1. The molecule has 1 aromatic carbocycles. The van der Waals surface area contributed by atoms with Crippen LogP contribution < -0.4 is 10.6 Å². The van der Waals surface area contributed by atoms with Crippen LogP contribution in [-0.2, 0) is 20.1 Å². The highest BCUT2D eigenvalue weighted by molar-refractivity contribution is 9.10. The molecule has 4 heterocycles. The summed E-state index contributed by atoms with van der Waals surface area (Å²) in [6.45, 7) is 4.77. The van der Waals surface area contributed by atoms with Crippen LogP contribution in [0.15, 0.2) is 39.5 Å². The minimum atomic E-state index is -0.191. The Morgan fingerprint density at radius 3 is 2.82 bits per heavy atom.